The third-order valence-corrected chi connectivity index (χ3v) is 2.35. The van der Waals surface area contributed by atoms with Crippen molar-refractivity contribution in [1.29, 1.82) is 0 Å². The minimum atomic E-state index is -0.323. The summed E-state index contributed by atoms with van der Waals surface area (Å²) in [6.45, 7) is 8.40. The van der Waals surface area contributed by atoms with E-state index in [4.69, 9.17) is 9.47 Å². The Bertz CT molecular complexity index is 229. The molecule has 0 aliphatic carbocycles. The van der Waals surface area contributed by atoms with Gasteiger partial charge in [0.15, 0.2) is 0 Å². The van der Waals surface area contributed by atoms with Gasteiger partial charge in [0.05, 0.1) is 6.61 Å². The summed E-state index contributed by atoms with van der Waals surface area (Å²) in [4.78, 5) is 11.1. The van der Waals surface area contributed by atoms with Crippen LogP contribution in [0.1, 0.15) is 33.1 Å². The summed E-state index contributed by atoms with van der Waals surface area (Å²) in [5.41, 5.74) is 0.275. The molecule has 1 saturated heterocycles. The Labute approximate surface area is 85.1 Å². The highest BCUT2D eigenvalue weighted by atomic mass is 16.6. The smallest absolute Gasteiger partial charge is 0.333 e. The molecule has 1 rings (SSSR count). The van der Waals surface area contributed by atoms with Crippen molar-refractivity contribution < 1.29 is 14.3 Å². The second-order valence-electron chi connectivity index (χ2n) is 3.93. The van der Waals surface area contributed by atoms with Crippen molar-refractivity contribution in [2.75, 3.05) is 13.2 Å². The van der Waals surface area contributed by atoms with Gasteiger partial charge in [-0.25, -0.2) is 4.79 Å². The maximum Gasteiger partial charge on any atom is 0.333 e. The van der Waals surface area contributed by atoms with Crippen LogP contribution in [0.3, 0.4) is 0 Å². The van der Waals surface area contributed by atoms with Gasteiger partial charge in [-0.1, -0.05) is 26.3 Å². The highest BCUT2D eigenvalue weighted by Crippen LogP contribution is 2.33. The lowest BCUT2D eigenvalue weighted by molar-refractivity contribution is -0.140. The zero-order valence-corrected chi connectivity index (χ0v) is 8.97. The molecule has 0 bridgehead atoms. The second kappa shape index (κ2) is 4.60. The van der Waals surface area contributed by atoms with E-state index in [9.17, 15) is 4.79 Å². The molecule has 3 heteroatoms. The van der Waals surface area contributed by atoms with E-state index in [0.29, 0.717) is 12.2 Å². The van der Waals surface area contributed by atoms with Crippen molar-refractivity contribution in [3.63, 3.8) is 0 Å². The predicted octanol–water partition coefficient (Wildman–Crippen LogP) is 2.06. The minimum Gasteiger partial charge on any atom is -0.459 e. The van der Waals surface area contributed by atoms with Crippen LogP contribution in [-0.4, -0.2) is 24.8 Å². The summed E-state index contributed by atoms with van der Waals surface area (Å²) in [6, 6.07) is 0. The van der Waals surface area contributed by atoms with E-state index < -0.39 is 0 Å². The fourth-order valence-corrected chi connectivity index (χ4v) is 1.22. The Hall–Kier alpha value is -0.830. The van der Waals surface area contributed by atoms with Gasteiger partial charge in [0.1, 0.15) is 12.2 Å². The molecule has 0 N–H and O–H groups in total. The van der Waals surface area contributed by atoms with Gasteiger partial charge >= 0.3 is 5.97 Å². The molecule has 1 heterocycles. The van der Waals surface area contributed by atoms with Crippen molar-refractivity contribution in [3.05, 3.63) is 12.2 Å². The van der Waals surface area contributed by atoms with Crippen LogP contribution in [0.4, 0.5) is 0 Å². The zero-order valence-electron chi connectivity index (χ0n) is 8.97. The summed E-state index contributed by atoms with van der Waals surface area (Å²) >= 11 is 0. The highest BCUT2D eigenvalue weighted by Gasteiger charge is 2.45. The van der Waals surface area contributed by atoms with Gasteiger partial charge < -0.3 is 9.47 Å². The average molecular weight is 198 g/mol. The number of ether oxygens (including phenoxy) is 2. The molecule has 0 saturated carbocycles. The normalized spacial score (nSPS) is 24.4. The van der Waals surface area contributed by atoms with Crippen molar-refractivity contribution in [1.82, 2.24) is 0 Å². The van der Waals surface area contributed by atoms with E-state index in [1.54, 1.807) is 6.92 Å². The van der Waals surface area contributed by atoms with Crippen LogP contribution in [0, 0.1) is 0 Å². The molecule has 80 valence electrons. The van der Waals surface area contributed by atoms with E-state index in [-0.39, 0.29) is 11.6 Å². The summed E-state index contributed by atoms with van der Waals surface area (Å²) in [5, 5.41) is 0. The Morgan fingerprint density at radius 2 is 2.29 bits per heavy atom. The number of esters is 1. The summed E-state index contributed by atoms with van der Waals surface area (Å²) in [5.74, 6) is -0.323. The molecule has 0 spiro atoms. The summed E-state index contributed by atoms with van der Waals surface area (Å²) in [6.07, 6.45) is 3.23. The molecule has 1 aliphatic rings. The van der Waals surface area contributed by atoms with Gasteiger partial charge in [0.2, 0.25) is 0 Å². The maximum atomic E-state index is 11.1. The van der Waals surface area contributed by atoms with Gasteiger partial charge in [-0.3, -0.25) is 0 Å². The molecule has 0 aromatic rings. The quantitative estimate of drug-likeness (QED) is 0.372. The van der Waals surface area contributed by atoms with Gasteiger partial charge in [-0.05, 0) is 13.3 Å². The molecule has 0 radical (unpaired) electrons. The molecule has 0 amide bonds. The lowest BCUT2D eigenvalue weighted by atomic mass is 10.0. The number of carbonyl (C=O) groups is 1. The topological polar surface area (TPSA) is 38.8 Å². The standard InChI is InChI=1S/C11H18O3/c1-4-5-6-11(8-14-11)7-13-10(12)9(2)3/h2,4-8H2,1,3H3. The van der Waals surface area contributed by atoms with Crippen molar-refractivity contribution in [2.45, 2.75) is 38.7 Å². The van der Waals surface area contributed by atoms with E-state index in [0.717, 1.165) is 25.9 Å². The molecule has 1 fully saturated rings. The van der Waals surface area contributed by atoms with Crippen LogP contribution < -0.4 is 0 Å². The van der Waals surface area contributed by atoms with Crippen LogP contribution in [0.15, 0.2) is 12.2 Å². The van der Waals surface area contributed by atoms with E-state index in [1.807, 2.05) is 0 Å². The molecule has 1 atom stereocenters. The first-order valence-corrected chi connectivity index (χ1v) is 5.06. The third-order valence-electron chi connectivity index (χ3n) is 2.35. The minimum absolute atomic E-state index is 0.166. The van der Waals surface area contributed by atoms with Gasteiger partial charge in [-0.2, -0.15) is 0 Å². The molecule has 1 unspecified atom stereocenters. The number of rotatable bonds is 6. The lowest BCUT2D eigenvalue weighted by Crippen LogP contribution is -2.22. The van der Waals surface area contributed by atoms with Crippen LogP contribution in [0.5, 0.6) is 0 Å². The number of epoxide rings is 1. The fourth-order valence-electron chi connectivity index (χ4n) is 1.22. The molecular weight excluding hydrogens is 180 g/mol. The van der Waals surface area contributed by atoms with Gasteiger partial charge in [0, 0.05) is 5.57 Å². The maximum absolute atomic E-state index is 11.1. The third kappa shape index (κ3) is 3.14. The molecule has 0 aromatic heterocycles. The fraction of sp³-hybridized carbons (Fsp3) is 0.727. The van der Waals surface area contributed by atoms with E-state index in [1.165, 1.54) is 0 Å². The number of hydrogen-bond acceptors (Lipinski definition) is 3. The van der Waals surface area contributed by atoms with Crippen molar-refractivity contribution in [3.8, 4) is 0 Å². The Kier molecular flexibility index (Phi) is 3.69. The zero-order chi connectivity index (χ0) is 10.6. The largest absolute Gasteiger partial charge is 0.459 e. The second-order valence-corrected chi connectivity index (χ2v) is 3.93. The summed E-state index contributed by atoms with van der Waals surface area (Å²) in [7, 11) is 0. The molecule has 1 aliphatic heterocycles. The first kappa shape index (κ1) is 11.2. The van der Waals surface area contributed by atoms with Crippen molar-refractivity contribution >= 4 is 5.97 Å². The Morgan fingerprint density at radius 3 is 2.71 bits per heavy atom. The first-order chi connectivity index (χ1) is 6.59. The highest BCUT2D eigenvalue weighted by molar-refractivity contribution is 5.86. The molecule has 3 nitrogen and oxygen atoms in total. The van der Waals surface area contributed by atoms with Crippen LogP contribution in [-0.2, 0) is 14.3 Å². The first-order valence-electron chi connectivity index (χ1n) is 5.06. The number of carbonyl (C=O) groups excluding carboxylic acids is 1. The van der Waals surface area contributed by atoms with Crippen LogP contribution in [0.2, 0.25) is 0 Å². The van der Waals surface area contributed by atoms with Gasteiger partial charge in [-0.15, -0.1) is 0 Å². The lowest BCUT2D eigenvalue weighted by Gasteiger charge is -2.11. The number of unbranched alkanes of at least 4 members (excludes halogenated alkanes) is 1. The Balaban J connectivity index is 2.23. The van der Waals surface area contributed by atoms with Gasteiger partial charge in [0.25, 0.3) is 0 Å². The molecule has 14 heavy (non-hydrogen) atoms. The Morgan fingerprint density at radius 1 is 1.64 bits per heavy atom. The van der Waals surface area contributed by atoms with Crippen molar-refractivity contribution in [2.24, 2.45) is 0 Å². The SMILES string of the molecule is C=C(C)C(=O)OCC1(CCCC)CO1. The molecule has 0 aromatic carbocycles. The van der Waals surface area contributed by atoms with E-state index in [2.05, 4.69) is 13.5 Å². The monoisotopic (exact) mass is 198 g/mol. The summed E-state index contributed by atoms with van der Waals surface area (Å²) < 4.78 is 10.4. The number of hydrogen-bond donors (Lipinski definition) is 0. The van der Waals surface area contributed by atoms with E-state index >= 15 is 0 Å². The average Bonchev–Trinajstić information content (AvgIpc) is 2.92. The molecular formula is C11H18O3. The van der Waals surface area contributed by atoms with Crippen LogP contribution >= 0.6 is 0 Å². The van der Waals surface area contributed by atoms with Crippen LogP contribution in [0.25, 0.3) is 0 Å². The predicted molar refractivity (Wildman–Crippen MR) is 54.0 cm³/mol.